The first-order valence-electron chi connectivity index (χ1n) is 14.6. The predicted molar refractivity (Wildman–Crippen MR) is 162 cm³/mol. The second-order valence-corrected chi connectivity index (χ2v) is 12.3. The fourth-order valence-electron chi connectivity index (χ4n) is 7.82. The number of nitro benzene ring substituents is 1. The van der Waals surface area contributed by atoms with Crippen molar-refractivity contribution in [2.45, 2.75) is 43.1 Å². The number of benzene rings is 3. The second kappa shape index (κ2) is 9.82. The molecule has 0 radical (unpaired) electrons. The normalized spacial score (nSPS) is 26.4. The summed E-state index contributed by atoms with van der Waals surface area (Å²) < 4.78 is 6.35. The van der Waals surface area contributed by atoms with Gasteiger partial charge in [-0.1, -0.05) is 24.3 Å². The summed E-state index contributed by atoms with van der Waals surface area (Å²) in [6.45, 7) is 1.07. The molecule has 5 atom stereocenters. The molecule has 1 fully saturated rings. The Kier molecular flexibility index (Phi) is 6.26. The number of nitro groups is 1. The molecule has 1 spiro atoms. The van der Waals surface area contributed by atoms with Gasteiger partial charge in [0, 0.05) is 61.4 Å². The Bertz CT molecular complexity index is 1690. The van der Waals surface area contributed by atoms with Crippen LogP contribution in [-0.4, -0.2) is 71.9 Å². The molecule has 2 aliphatic carbocycles. The van der Waals surface area contributed by atoms with Crippen LogP contribution in [0.25, 0.3) is 11.1 Å². The molecule has 0 unspecified atom stereocenters. The standard InChI is InChI=1S/C33H34N4O6/c1-35(2)19-6-4-18(5-7-19)17-34-32(40)24-14-20(37(41)42)8-9-21(24)22-16-28(39)30-29-23(22)15-26-25-10-11-27(38)31(43-30)33(25,29)12-13-36(26)3/h4-11,14,16,25-27,31,38-39H,12-13,15,17H2,1-3H3,(H,34,40)/t25-,26+,27-,31-,33-/m0/s1. The van der Waals surface area contributed by atoms with Crippen molar-refractivity contribution in [3.05, 3.63) is 93.1 Å². The molecule has 0 saturated carbocycles. The molecule has 2 heterocycles. The molecule has 222 valence electrons. The number of carbonyl (C=O) groups excluding carboxylic acids is 1. The Hall–Kier alpha value is -4.41. The number of non-ortho nitro benzene ring substituents is 1. The Morgan fingerprint density at radius 3 is 2.65 bits per heavy atom. The quantitative estimate of drug-likeness (QED) is 0.228. The number of phenols is 1. The largest absolute Gasteiger partial charge is 0.504 e. The fraction of sp³-hybridized carbons (Fsp3) is 0.364. The number of carbonyl (C=O) groups is 1. The number of piperidine rings is 1. The Morgan fingerprint density at radius 2 is 1.93 bits per heavy atom. The van der Waals surface area contributed by atoms with Crippen molar-refractivity contribution in [3.8, 4) is 22.6 Å². The summed E-state index contributed by atoms with van der Waals surface area (Å²) in [4.78, 5) is 29.3. The number of likely N-dealkylation sites (tertiary alicyclic amines) is 1. The molecule has 0 aromatic heterocycles. The SMILES string of the molecule is CN(C)c1ccc(CNC(=O)c2cc([N+](=O)[O-])ccc2-c2cc(O)c3c4c2C[C@@H]2[C@@H]5C=C[C@H](O)[C@H](O3)[C@]45CCN2C)cc1. The second-order valence-electron chi connectivity index (χ2n) is 12.3. The zero-order chi connectivity index (χ0) is 30.2. The van der Waals surface area contributed by atoms with Crippen LogP contribution in [0.4, 0.5) is 11.4 Å². The summed E-state index contributed by atoms with van der Waals surface area (Å²) in [5, 5.41) is 37.0. The maximum Gasteiger partial charge on any atom is 0.270 e. The average Bonchev–Trinajstić information content (AvgIpc) is 3.35. The van der Waals surface area contributed by atoms with Crippen molar-refractivity contribution in [2.24, 2.45) is 5.92 Å². The molecule has 3 aromatic rings. The van der Waals surface area contributed by atoms with Gasteiger partial charge < -0.3 is 30.1 Å². The van der Waals surface area contributed by atoms with E-state index in [1.54, 1.807) is 18.2 Å². The van der Waals surface area contributed by atoms with Gasteiger partial charge in [0.25, 0.3) is 11.6 Å². The monoisotopic (exact) mass is 582 g/mol. The van der Waals surface area contributed by atoms with Crippen LogP contribution in [0.3, 0.4) is 0 Å². The van der Waals surface area contributed by atoms with Crippen LogP contribution in [0, 0.1) is 16.0 Å². The van der Waals surface area contributed by atoms with Crippen molar-refractivity contribution < 1.29 is 24.7 Å². The lowest BCUT2D eigenvalue weighted by Gasteiger charge is -2.56. The van der Waals surface area contributed by atoms with E-state index >= 15 is 0 Å². The third kappa shape index (κ3) is 4.04. The number of nitrogens with zero attached hydrogens (tertiary/aromatic N) is 3. The molecule has 1 amide bonds. The first-order valence-corrected chi connectivity index (χ1v) is 14.6. The number of amides is 1. The third-order valence-electron chi connectivity index (χ3n) is 9.93. The third-order valence-corrected chi connectivity index (χ3v) is 9.93. The van der Waals surface area contributed by atoms with E-state index in [4.69, 9.17) is 4.74 Å². The number of hydrogen-bond acceptors (Lipinski definition) is 8. The molecular weight excluding hydrogens is 548 g/mol. The van der Waals surface area contributed by atoms with Crippen molar-refractivity contribution in [1.29, 1.82) is 0 Å². The highest BCUT2D eigenvalue weighted by Gasteiger charge is 2.64. The van der Waals surface area contributed by atoms with Crippen LogP contribution in [0.1, 0.15) is 33.5 Å². The minimum Gasteiger partial charge on any atom is -0.504 e. The highest BCUT2D eigenvalue weighted by molar-refractivity contribution is 6.02. The number of nitrogens with one attached hydrogen (secondary N) is 1. The van der Waals surface area contributed by atoms with Crippen molar-refractivity contribution in [2.75, 3.05) is 32.6 Å². The minimum atomic E-state index is -0.811. The molecule has 7 rings (SSSR count). The van der Waals surface area contributed by atoms with Crippen LogP contribution < -0.4 is 15.0 Å². The van der Waals surface area contributed by atoms with E-state index in [1.807, 2.05) is 43.3 Å². The molecule has 10 heteroatoms. The number of phenolic OH excluding ortho intramolecular Hbond substituents is 1. The molecule has 10 nitrogen and oxygen atoms in total. The lowest BCUT2D eigenvalue weighted by atomic mass is 9.53. The van der Waals surface area contributed by atoms with E-state index in [0.717, 1.165) is 35.3 Å². The summed E-state index contributed by atoms with van der Waals surface area (Å²) in [6.07, 6.45) is 3.97. The molecule has 3 aromatic carbocycles. The molecule has 1 saturated heterocycles. The van der Waals surface area contributed by atoms with Crippen LogP contribution in [0.5, 0.6) is 11.5 Å². The summed E-state index contributed by atoms with van der Waals surface area (Å²) >= 11 is 0. The number of rotatable bonds is 6. The molecule has 43 heavy (non-hydrogen) atoms. The highest BCUT2D eigenvalue weighted by Crippen LogP contribution is 2.63. The number of aliphatic hydroxyl groups excluding tert-OH is 1. The smallest absolute Gasteiger partial charge is 0.270 e. The van der Waals surface area contributed by atoms with Gasteiger partial charge in [0.15, 0.2) is 11.5 Å². The Morgan fingerprint density at radius 1 is 1.16 bits per heavy atom. The van der Waals surface area contributed by atoms with Crippen molar-refractivity contribution in [3.63, 3.8) is 0 Å². The van der Waals surface area contributed by atoms with Crippen LogP contribution >= 0.6 is 0 Å². The number of likely N-dealkylation sites (N-methyl/N-ethyl adjacent to an activating group) is 1. The maximum absolute atomic E-state index is 13.7. The molecule has 2 aliphatic heterocycles. The lowest BCUT2D eigenvalue weighted by molar-refractivity contribution is -0.384. The topological polar surface area (TPSA) is 128 Å². The summed E-state index contributed by atoms with van der Waals surface area (Å²) in [6, 6.07) is 13.8. The summed E-state index contributed by atoms with van der Waals surface area (Å²) in [5.41, 5.74) is 4.39. The van der Waals surface area contributed by atoms with E-state index in [0.29, 0.717) is 23.3 Å². The summed E-state index contributed by atoms with van der Waals surface area (Å²) in [7, 11) is 6.01. The molecule has 4 aliphatic rings. The number of ether oxygens (including phenoxy) is 1. The van der Waals surface area contributed by atoms with Crippen molar-refractivity contribution in [1.82, 2.24) is 10.2 Å². The maximum atomic E-state index is 13.7. The zero-order valence-electron chi connectivity index (χ0n) is 24.3. The Labute approximate surface area is 249 Å². The number of anilines is 1. The average molecular weight is 583 g/mol. The Balaban J connectivity index is 1.34. The molecule has 3 N–H and O–H groups in total. The van der Waals surface area contributed by atoms with Crippen LogP contribution in [0.2, 0.25) is 0 Å². The first kappa shape index (κ1) is 27.4. The van der Waals surface area contributed by atoms with E-state index in [2.05, 4.69) is 23.3 Å². The van der Waals surface area contributed by atoms with Crippen LogP contribution in [-0.2, 0) is 18.4 Å². The van der Waals surface area contributed by atoms with Crippen LogP contribution in [0.15, 0.2) is 60.7 Å². The van der Waals surface area contributed by atoms with Gasteiger partial charge >= 0.3 is 0 Å². The van der Waals surface area contributed by atoms with Crippen molar-refractivity contribution >= 4 is 17.3 Å². The van der Waals surface area contributed by atoms with Gasteiger partial charge in [0.2, 0.25) is 0 Å². The lowest BCUT2D eigenvalue weighted by Crippen LogP contribution is -2.64. The van der Waals surface area contributed by atoms with Gasteiger partial charge in [-0.15, -0.1) is 0 Å². The number of aliphatic hydroxyl groups is 1. The van der Waals surface area contributed by atoms with Gasteiger partial charge in [-0.3, -0.25) is 14.9 Å². The van der Waals surface area contributed by atoms with E-state index < -0.39 is 28.5 Å². The van der Waals surface area contributed by atoms with Gasteiger partial charge in [0.1, 0.15) is 12.2 Å². The van der Waals surface area contributed by atoms with E-state index in [-0.39, 0.29) is 35.5 Å². The number of hydrogen-bond donors (Lipinski definition) is 3. The first-order chi connectivity index (χ1) is 20.6. The van der Waals surface area contributed by atoms with E-state index in [9.17, 15) is 25.1 Å². The predicted octanol–water partition coefficient (Wildman–Crippen LogP) is 3.77. The van der Waals surface area contributed by atoms with Gasteiger partial charge in [-0.05, 0) is 73.0 Å². The minimum absolute atomic E-state index is 0.0634. The highest BCUT2D eigenvalue weighted by atomic mass is 16.6. The van der Waals surface area contributed by atoms with E-state index in [1.165, 1.54) is 12.1 Å². The van der Waals surface area contributed by atoms with Gasteiger partial charge in [0.05, 0.1) is 10.5 Å². The molecular formula is C33H34N4O6. The van der Waals surface area contributed by atoms with Gasteiger partial charge in [-0.25, -0.2) is 0 Å². The van der Waals surface area contributed by atoms with Gasteiger partial charge in [-0.2, -0.15) is 0 Å². The zero-order valence-corrected chi connectivity index (χ0v) is 24.3. The molecule has 2 bridgehead atoms. The fourth-order valence-corrected chi connectivity index (χ4v) is 7.82. The summed E-state index contributed by atoms with van der Waals surface area (Å²) in [5.74, 6) is -0.0152. The number of aromatic hydroxyl groups is 1.